The highest BCUT2D eigenvalue weighted by molar-refractivity contribution is 7.22. The molecule has 9 nitrogen and oxygen atoms in total. The van der Waals surface area contributed by atoms with Gasteiger partial charge in [-0.2, -0.15) is 0 Å². The average Bonchev–Trinajstić information content (AvgIpc) is 3.57. The Kier molecular flexibility index (Phi) is 7.62. The second-order valence-corrected chi connectivity index (χ2v) is 9.47. The highest BCUT2D eigenvalue weighted by Gasteiger charge is 2.29. The maximum Gasteiger partial charge on any atom is 0.330 e. The molecule has 0 aliphatic heterocycles. The van der Waals surface area contributed by atoms with E-state index < -0.39 is 17.9 Å². The molecule has 39 heavy (non-hydrogen) atoms. The molecule has 0 aliphatic rings. The number of thiazole rings is 1. The molecule has 0 saturated carbocycles. The van der Waals surface area contributed by atoms with E-state index in [4.69, 9.17) is 14.0 Å². The molecule has 0 radical (unpaired) electrons. The summed E-state index contributed by atoms with van der Waals surface area (Å²) in [5, 5.41) is 10.7. The smallest absolute Gasteiger partial charge is 0.330 e. The molecule has 0 saturated heterocycles. The number of hydrogen-bond acceptors (Lipinski definition) is 9. The fraction of sp³-hybridized carbons (Fsp3) is 0.143. The van der Waals surface area contributed by atoms with Gasteiger partial charge in [-0.05, 0) is 30.3 Å². The van der Waals surface area contributed by atoms with Gasteiger partial charge in [-0.1, -0.05) is 59.0 Å². The second kappa shape index (κ2) is 11.4. The molecule has 1 amide bonds. The van der Waals surface area contributed by atoms with Crippen molar-refractivity contribution in [3.05, 3.63) is 84.2 Å². The Morgan fingerprint density at radius 1 is 1.03 bits per heavy atom. The number of carbonyl (C=O) groups excluding carboxylic acids is 2. The summed E-state index contributed by atoms with van der Waals surface area (Å²) >= 11 is 1.34. The van der Waals surface area contributed by atoms with Gasteiger partial charge in [0.15, 0.2) is 16.9 Å². The summed E-state index contributed by atoms with van der Waals surface area (Å²) < 4.78 is 29.8. The van der Waals surface area contributed by atoms with Crippen molar-refractivity contribution in [3.63, 3.8) is 0 Å². The average molecular weight is 547 g/mol. The zero-order chi connectivity index (χ0) is 27.4. The molecule has 5 aromatic rings. The van der Waals surface area contributed by atoms with E-state index in [1.165, 1.54) is 37.7 Å². The van der Waals surface area contributed by atoms with E-state index in [0.29, 0.717) is 27.5 Å². The van der Waals surface area contributed by atoms with Crippen LogP contribution in [-0.4, -0.2) is 48.9 Å². The molecule has 2 N–H and O–H groups in total. The molecule has 2 heterocycles. The van der Waals surface area contributed by atoms with Gasteiger partial charge < -0.3 is 24.6 Å². The van der Waals surface area contributed by atoms with E-state index in [2.05, 4.69) is 20.8 Å². The van der Waals surface area contributed by atoms with E-state index in [-0.39, 0.29) is 23.7 Å². The van der Waals surface area contributed by atoms with Gasteiger partial charge in [0.25, 0.3) is 5.91 Å². The normalized spacial score (nSPS) is 11.8. The van der Waals surface area contributed by atoms with Crippen LogP contribution < -0.4 is 10.6 Å². The highest BCUT2D eigenvalue weighted by Crippen LogP contribution is 2.34. The van der Waals surface area contributed by atoms with Gasteiger partial charge >= 0.3 is 5.97 Å². The van der Waals surface area contributed by atoms with Crippen molar-refractivity contribution in [2.75, 3.05) is 26.1 Å². The van der Waals surface area contributed by atoms with E-state index in [1.807, 2.05) is 30.3 Å². The first-order valence-corrected chi connectivity index (χ1v) is 12.6. The standard InChI is InChI=1S/C28H23FN4O5S/c1-36-15-21(27(35)37-2)31-26(34)23-24(33-38-25(23)17-6-4-3-5-7-17)16-8-11-19(12-9-16)30-28-32-20-13-10-18(29)14-22(20)39-28/h3-14,21H,15H2,1-2H3,(H,30,32)(H,31,34)/t21-/m0/s1. The predicted molar refractivity (Wildman–Crippen MR) is 145 cm³/mol. The molecule has 0 aliphatic carbocycles. The zero-order valence-electron chi connectivity index (χ0n) is 20.9. The number of esters is 1. The summed E-state index contributed by atoms with van der Waals surface area (Å²) in [5.41, 5.74) is 3.17. The number of nitrogens with zero attached hydrogens (tertiary/aromatic N) is 2. The summed E-state index contributed by atoms with van der Waals surface area (Å²) in [5.74, 6) is -1.27. The lowest BCUT2D eigenvalue weighted by Gasteiger charge is -2.16. The summed E-state index contributed by atoms with van der Waals surface area (Å²) in [6.07, 6.45) is 0. The number of amides is 1. The van der Waals surface area contributed by atoms with Crippen LogP contribution >= 0.6 is 11.3 Å². The number of hydrogen-bond donors (Lipinski definition) is 2. The molecule has 0 bridgehead atoms. The number of methoxy groups -OCH3 is 2. The Hall–Kier alpha value is -4.61. The number of halogens is 1. The van der Waals surface area contributed by atoms with Crippen molar-refractivity contribution in [2.45, 2.75) is 6.04 Å². The van der Waals surface area contributed by atoms with Gasteiger partial charge in [0.05, 0.1) is 23.9 Å². The third kappa shape index (κ3) is 5.64. The van der Waals surface area contributed by atoms with Crippen molar-refractivity contribution in [3.8, 4) is 22.6 Å². The fourth-order valence-electron chi connectivity index (χ4n) is 3.98. The first-order chi connectivity index (χ1) is 19.0. The van der Waals surface area contributed by atoms with Crippen LogP contribution in [0.3, 0.4) is 0 Å². The predicted octanol–water partition coefficient (Wildman–Crippen LogP) is 5.42. The summed E-state index contributed by atoms with van der Waals surface area (Å²) in [6.45, 7) is -0.0710. The number of benzene rings is 3. The zero-order valence-corrected chi connectivity index (χ0v) is 21.8. The number of rotatable bonds is 9. The van der Waals surface area contributed by atoms with Gasteiger partial charge in [0, 0.05) is 23.9 Å². The van der Waals surface area contributed by atoms with Crippen LogP contribution in [-0.2, 0) is 14.3 Å². The van der Waals surface area contributed by atoms with Crippen LogP contribution in [0.15, 0.2) is 77.3 Å². The van der Waals surface area contributed by atoms with Gasteiger partial charge in [0.1, 0.15) is 17.1 Å². The third-order valence-corrected chi connectivity index (χ3v) is 6.77. The fourth-order valence-corrected chi connectivity index (χ4v) is 4.89. The summed E-state index contributed by atoms with van der Waals surface area (Å²) in [4.78, 5) is 30.2. The molecule has 0 fully saturated rings. The van der Waals surface area contributed by atoms with E-state index >= 15 is 0 Å². The lowest BCUT2D eigenvalue weighted by Crippen LogP contribution is -2.44. The van der Waals surface area contributed by atoms with Crippen LogP contribution in [0.25, 0.3) is 32.8 Å². The lowest BCUT2D eigenvalue weighted by molar-refractivity contribution is -0.144. The maximum absolute atomic E-state index is 13.5. The van der Waals surface area contributed by atoms with Gasteiger partial charge in [0.2, 0.25) is 0 Å². The molecule has 11 heteroatoms. The van der Waals surface area contributed by atoms with E-state index in [9.17, 15) is 14.0 Å². The minimum absolute atomic E-state index is 0.0710. The Balaban J connectivity index is 1.46. The number of carbonyl (C=O) groups is 2. The molecule has 198 valence electrons. The summed E-state index contributed by atoms with van der Waals surface area (Å²) in [7, 11) is 2.66. The number of aromatic nitrogens is 2. The van der Waals surface area contributed by atoms with Gasteiger partial charge in [-0.3, -0.25) is 4.79 Å². The van der Waals surface area contributed by atoms with Crippen LogP contribution in [0.5, 0.6) is 0 Å². The van der Waals surface area contributed by atoms with Crippen LogP contribution in [0.4, 0.5) is 15.2 Å². The first kappa shape index (κ1) is 26.0. The molecule has 2 aromatic heterocycles. The van der Waals surface area contributed by atoms with Crippen molar-refractivity contribution in [2.24, 2.45) is 0 Å². The quantitative estimate of drug-likeness (QED) is 0.236. The van der Waals surface area contributed by atoms with E-state index in [0.717, 1.165) is 10.4 Å². The minimum Gasteiger partial charge on any atom is -0.467 e. The highest BCUT2D eigenvalue weighted by atomic mass is 32.1. The Labute approximate surface area is 226 Å². The van der Waals surface area contributed by atoms with E-state index in [1.54, 1.807) is 30.3 Å². The van der Waals surface area contributed by atoms with Crippen molar-refractivity contribution in [1.29, 1.82) is 0 Å². The Morgan fingerprint density at radius 3 is 2.51 bits per heavy atom. The van der Waals surface area contributed by atoms with Gasteiger partial charge in [-0.25, -0.2) is 14.2 Å². The molecule has 3 aromatic carbocycles. The number of fused-ring (bicyclic) bond motifs is 1. The van der Waals surface area contributed by atoms with Crippen LogP contribution in [0.1, 0.15) is 10.4 Å². The molecule has 0 spiro atoms. The SMILES string of the molecule is COC[C@H](NC(=O)c1c(-c2ccc(Nc3nc4ccc(F)cc4s3)cc2)noc1-c1ccccc1)C(=O)OC. The molecular formula is C28H23FN4O5S. The van der Waals surface area contributed by atoms with Crippen molar-refractivity contribution < 1.29 is 28.0 Å². The molecule has 5 rings (SSSR count). The van der Waals surface area contributed by atoms with Gasteiger partial charge in [-0.15, -0.1) is 0 Å². The number of anilines is 2. The van der Waals surface area contributed by atoms with Crippen molar-refractivity contribution >= 4 is 44.2 Å². The maximum atomic E-state index is 13.5. The number of ether oxygens (including phenoxy) is 2. The largest absolute Gasteiger partial charge is 0.467 e. The lowest BCUT2D eigenvalue weighted by atomic mass is 10.0. The Bertz CT molecular complexity index is 1620. The molecular weight excluding hydrogens is 523 g/mol. The minimum atomic E-state index is -1.02. The third-order valence-electron chi connectivity index (χ3n) is 5.84. The molecule has 1 atom stereocenters. The summed E-state index contributed by atoms with van der Waals surface area (Å²) in [6, 6.07) is 19.7. The molecule has 0 unspecified atom stereocenters. The van der Waals surface area contributed by atoms with Crippen LogP contribution in [0.2, 0.25) is 0 Å². The number of nitrogens with one attached hydrogen (secondary N) is 2. The second-order valence-electron chi connectivity index (χ2n) is 8.44. The Morgan fingerprint density at radius 2 is 1.79 bits per heavy atom. The van der Waals surface area contributed by atoms with Crippen molar-refractivity contribution in [1.82, 2.24) is 15.5 Å². The monoisotopic (exact) mass is 546 g/mol. The topological polar surface area (TPSA) is 116 Å². The first-order valence-electron chi connectivity index (χ1n) is 11.8. The van der Waals surface area contributed by atoms with Crippen LogP contribution in [0, 0.1) is 5.82 Å².